The maximum absolute atomic E-state index is 12.4. The summed E-state index contributed by atoms with van der Waals surface area (Å²) in [6, 6.07) is 5.27. The second-order valence-corrected chi connectivity index (χ2v) is 9.21. The molecule has 3 rings (SSSR count). The van der Waals surface area contributed by atoms with Crippen LogP contribution in [0.25, 0.3) is 0 Å². The van der Waals surface area contributed by atoms with Crippen molar-refractivity contribution in [3.8, 4) is 11.5 Å². The van der Waals surface area contributed by atoms with Crippen molar-refractivity contribution in [3.63, 3.8) is 0 Å². The number of benzene rings is 1. The van der Waals surface area contributed by atoms with E-state index >= 15 is 0 Å². The number of methoxy groups -OCH3 is 1. The summed E-state index contributed by atoms with van der Waals surface area (Å²) >= 11 is 0. The lowest BCUT2D eigenvalue weighted by atomic mass is 9.84. The number of piperazine rings is 1. The molecule has 5 heteroatoms. The Kier molecular flexibility index (Phi) is 6.32. The molecule has 2 aliphatic rings. The van der Waals surface area contributed by atoms with E-state index in [1.807, 2.05) is 0 Å². The van der Waals surface area contributed by atoms with Crippen LogP contribution < -0.4 is 9.47 Å². The molecule has 0 spiro atoms. The number of alkyl halides is 1. The van der Waals surface area contributed by atoms with Crippen molar-refractivity contribution in [2.24, 2.45) is 5.41 Å². The van der Waals surface area contributed by atoms with E-state index in [4.69, 9.17) is 9.47 Å². The van der Waals surface area contributed by atoms with Gasteiger partial charge in [-0.05, 0) is 48.6 Å². The minimum Gasteiger partial charge on any atom is -0.493 e. The first-order valence-electron chi connectivity index (χ1n) is 10.2. The highest BCUT2D eigenvalue weighted by atomic mass is 19.1. The molecule has 27 heavy (non-hydrogen) atoms. The van der Waals surface area contributed by atoms with Gasteiger partial charge in [-0.15, -0.1) is 0 Å². The molecular formula is C22H35FN2O2. The van der Waals surface area contributed by atoms with Gasteiger partial charge in [0, 0.05) is 38.1 Å². The van der Waals surface area contributed by atoms with Crippen LogP contribution in [0.5, 0.6) is 11.5 Å². The predicted octanol–water partition coefficient (Wildman–Crippen LogP) is 4.08. The number of hydrogen-bond donors (Lipinski definition) is 0. The van der Waals surface area contributed by atoms with Crippen molar-refractivity contribution in [2.45, 2.75) is 52.1 Å². The molecule has 0 radical (unpaired) electrons. The first-order chi connectivity index (χ1) is 12.8. The van der Waals surface area contributed by atoms with Gasteiger partial charge in [-0.1, -0.05) is 20.8 Å². The highest BCUT2D eigenvalue weighted by Gasteiger charge is 2.37. The molecule has 4 nitrogen and oxygen atoms in total. The van der Waals surface area contributed by atoms with E-state index < -0.39 is 0 Å². The van der Waals surface area contributed by atoms with Crippen LogP contribution in [0.4, 0.5) is 4.39 Å². The van der Waals surface area contributed by atoms with Gasteiger partial charge in [-0.25, -0.2) is 0 Å². The number of rotatable bonds is 6. The quantitative estimate of drug-likeness (QED) is 0.697. The highest BCUT2D eigenvalue weighted by molar-refractivity contribution is 5.49. The van der Waals surface area contributed by atoms with E-state index in [-0.39, 0.29) is 6.67 Å². The molecule has 1 aromatic carbocycles. The van der Waals surface area contributed by atoms with Gasteiger partial charge in [0.05, 0.1) is 20.4 Å². The molecule has 0 amide bonds. The lowest BCUT2D eigenvalue weighted by Gasteiger charge is -2.49. The average Bonchev–Trinajstić information content (AvgIpc) is 2.61. The molecular weight excluding hydrogens is 343 g/mol. The van der Waals surface area contributed by atoms with Crippen LogP contribution in [0.3, 0.4) is 0 Å². The minimum absolute atomic E-state index is 0.342. The molecule has 0 aromatic heterocycles. The van der Waals surface area contributed by atoms with Crippen molar-refractivity contribution < 1.29 is 13.9 Å². The Morgan fingerprint density at radius 2 is 1.96 bits per heavy atom. The number of nitrogens with zero attached hydrogens (tertiary/aromatic N) is 2. The van der Waals surface area contributed by atoms with Crippen LogP contribution >= 0.6 is 0 Å². The van der Waals surface area contributed by atoms with Crippen LogP contribution in [0.15, 0.2) is 12.1 Å². The van der Waals surface area contributed by atoms with Crippen LogP contribution in [-0.2, 0) is 6.42 Å². The molecule has 2 aliphatic heterocycles. The Morgan fingerprint density at radius 3 is 2.63 bits per heavy atom. The Bertz CT molecular complexity index is 644. The summed E-state index contributed by atoms with van der Waals surface area (Å²) in [5.74, 6) is 1.50. The molecule has 152 valence electrons. The summed E-state index contributed by atoms with van der Waals surface area (Å²) in [5, 5.41) is 0. The number of hydrogen-bond acceptors (Lipinski definition) is 4. The maximum atomic E-state index is 12.4. The third-order valence-corrected chi connectivity index (χ3v) is 5.81. The van der Waals surface area contributed by atoms with Gasteiger partial charge in [-0.3, -0.25) is 9.29 Å². The summed E-state index contributed by atoms with van der Waals surface area (Å²) in [6.07, 6.45) is 2.65. The Balaban J connectivity index is 1.80. The lowest BCUT2D eigenvalue weighted by Crippen LogP contribution is -2.55. The van der Waals surface area contributed by atoms with E-state index in [1.54, 1.807) is 7.11 Å². The zero-order valence-corrected chi connectivity index (χ0v) is 17.6. The van der Waals surface area contributed by atoms with Gasteiger partial charge in [0.1, 0.15) is 0 Å². The van der Waals surface area contributed by atoms with E-state index in [0.717, 1.165) is 37.6 Å². The second-order valence-electron chi connectivity index (χ2n) is 9.21. The molecule has 0 bridgehead atoms. The smallest absolute Gasteiger partial charge is 0.161 e. The summed E-state index contributed by atoms with van der Waals surface area (Å²) < 4.78 is 23.7. The first kappa shape index (κ1) is 20.4. The Morgan fingerprint density at radius 1 is 1.19 bits per heavy atom. The SMILES string of the molecule is COc1cc2c(cc1OCCCF)CCN1C[C@@H](CC(C)(C)C)N(C)C[C@@H]21. The molecule has 1 fully saturated rings. The van der Waals surface area contributed by atoms with Crippen LogP contribution in [-0.4, -0.2) is 62.9 Å². The minimum atomic E-state index is -0.355. The predicted molar refractivity (Wildman–Crippen MR) is 108 cm³/mol. The van der Waals surface area contributed by atoms with Crippen LogP contribution in [0, 0.1) is 5.41 Å². The van der Waals surface area contributed by atoms with Gasteiger partial charge in [0.25, 0.3) is 0 Å². The monoisotopic (exact) mass is 378 g/mol. The van der Waals surface area contributed by atoms with E-state index in [1.165, 1.54) is 17.5 Å². The van der Waals surface area contributed by atoms with Crippen molar-refractivity contribution in [3.05, 3.63) is 23.3 Å². The van der Waals surface area contributed by atoms with Crippen molar-refractivity contribution in [2.75, 3.05) is 47.1 Å². The van der Waals surface area contributed by atoms with Gasteiger partial charge in [0.15, 0.2) is 11.5 Å². The summed E-state index contributed by atoms with van der Waals surface area (Å²) in [4.78, 5) is 5.17. The first-order valence-corrected chi connectivity index (χ1v) is 10.2. The lowest BCUT2D eigenvalue weighted by molar-refractivity contribution is 0.0213. The van der Waals surface area contributed by atoms with Crippen LogP contribution in [0.2, 0.25) is 0 Å². The third kappa shape index (κ3) is 4.75. The summed E-state index contributed by atoms with van der Waals surface area (Å²) in [6.45, 7) is 10.3. The molecule has 0 saturated carbocycles. The zero-order valence-electron chi connectivity index (χ0n) is 17.6. The van der Waals surface area contributed by atoms with Crippen molar-refractivity contribution in [1.29, 1.82) is 0 Å². The largest absolute Gasteiger partial charge is 0.493 e. The van der Waals surface area contributed by atoms with Gasteiger partial charge in [0.2, 0.25) is 0 Å². The number of likely N-dealkylation sites (N-methyl/N-ethyl adjacent to an activating group) is 1. The fraction of sp³-hybridized carbons (Fsp3) is 0.727. The molecule has 0 N–H and O–H groups in total. The summed E-state index contributed by atoms with van der Waals surface area (Å²) in [7, 11) is 3.93. The Labute approximate surface area is 163 Å². The standard InChI is InChI=1S/C22H35FN2O2/c1-22(2,3)13-17-14-25-9-7-16-11-21(27-10-6-8-23)20(26-5)12-18(16)19(25)15-24(17)4/h11-12,17,19H,6-10,13-15H2,1-5H3/t17-,19+/m1/s1. The molecule has 2 heterocycles. The van der Waals surface area contributed by atoms with Crippen LogP contribution in [0.1, 0.15) is 50.8 Å². The average molecular weight is 379 g/mol. The van der Waals surface area contributed by atoms with E-state index in [9.17, 15) is 4.39 Å². The zero-order chi connectivity index (χ0) is 19.6. The number of halogens is 1. The van der Waals surface area contributed by atoms with E-state index in [0.29, 0.717) is 30.5 Å². The Hall–Kier alpha value is -1.33. The number of fused-ring (bicyclic) bond motifs is 3. The molecule has 1 aromatic rings. The second kappa shape index (κ2) is 8.36. The fourth-order valence-electron chi connectivity index (χ4n) is 4.46. The fourth-order valence-corrected chi connectivity index (χ4v) is 4.46. The van der Waals surface area contributed by atoms with Gasteiger partial charge < -0.3 is 14.4 Å². The van der Waals surface area contributed by atoms with Gasteiger partial charge >= 0.3 is 0 Å². The topological polar surface area (TPSA) is 24.9 Å². The highest BCUT2D eigenvalue weighted by Crippen LogP contribution is 2.41. The molecule has 2 atom stereocenters. The molecule has 1 saturated heterocycles. The molecule has 0 aliphatic carbocycles. The van der Waals surface area contributed by atoms with Crippen molar-refractivity contribution in [1.82, 2.24) is 9.80 Å². The van der Waals surface area contributed by atoms with E-state index in [2.05, 4.69) is 49.8 Å². The normalized spacial score (nSPS) is 23.6. The number of ether oxygens (including phenoxy) is 2. The summed E-state index contributed by atoms with van der Waals surface area (Å²) in [5.41, 5.74) is 3.04. The van der Waals surface area contributed by atoms with Gasteiger partial charge in [-0.2, -0.15) is 0 Å². The third-order valence-electron chi connectivity index (χ3n) is 5.81. The molecule has 0 unspecified atom stereocenters. The maximum Gasteiger partial charge on any atom is 0.161 e. The van der Waals surface area contributed by atoms with Crippen molar-refractivity contribution >= 4 is 0 Å².